The van der Waals surface area contributed by atoms with E-state index in [1.165, 1.54) is 41.4 Å². The summed E-state index contributed by atoms with van der Waals surface area (Å²) in [6, 6.07) is 9.68. The van der Waals surface area contributed by atoms with Gasteiger partial charge in [-0.15, -0.1) is 10.2 Å². The van der Waals surface area contributed by atoms with Crippen LogP contribution in [0.4, 0.5) is 9.52 Å². The van der Waals surface area contributed by atoms with Crippen molar-refractivity contribution in [2.75, 3.05) is 5.32 Å². The van der Waals surface area contributed by atoms with Gasteiger partial charge in [0.1, 0.15) is 17.0 Å². The maximum Gasteiger partial charge on any atom is 0.262 e. The molecule has 0 aliphatic rings. The summed E-state index contributed by atoms with van der Waals surface area (Å²) in [4.78, 5) is 30.1. The summed E-state index contributed by atoms with van der Waals surface area (Å²) in [5, 5.41) is 11.4. The third kappa shape index (κ3) is 4.64. The molecule has 3 aromatic heterocycles. The number of hydrogen-bond donors (Lipinski definition) is 1. The molecule has 4 aromatic rings. The number of pyridine rings is 2. The largest absolute Gasteiger partial charge is 0.332 e. The summed E-state index contributed by atoms with van der Waals surface area (Å²) in [7, 11) is 0. The number of hydrogen-bond acceptors (Lipinski definition) is 7. The van der Waals surface area contributed by atoms with Crippen LogP contribution in [0.1, 0.15) is 28.5 Å². The van der Waals surface area contributed by atoms with Gasteiger partial charge in [-0.3, -0.25) is 14.9 Å². The molecule has 1 aromatic carbocycles. The van der Waals surface area contributed by atoms with Crippen LogP contribution in [0.15, 0.2) is 51.7 Å². The number of amides is 1. The molecule has 10 heteroatoms. The van der Waals surface area contributed by atoms with Crippen LogP contribution in [0, 0.1) is 12.7 Å². The van der Waals surface area contributed by atoms with Crippen LogP contribution in [0.25, 0.3) is 11.0 Å². The van der Waals surface area contributed by atoms with Crippen LogP contribution < -0.4 is 10.7 Å². The van der Waals surface area contributed by atoms with Gasteiger partial charge in [0.15, 0.2) is 4.34 Å². The molecular formula is C21H18FN5O2S2. The van der Waals surface area contributed by atoms with Crippen LogP contribution in [-0.2, 0) is 12.3 Å². The number of nitrogens with zero attached hydrogens (tertiary/aromatic N) is 4. The van der Waals surface area contributed by atoms with E-state index in [1.54, 1.807) is 28.8 Å². The first-order chi connectivity index (χ1) is 14.9. The van der Waals surface area contributed by atoms with Crippen molar-refractivity contribution in [3.05, 3.63) is 75.5 Å². The molecule has 0 aliphatic heterocycles. The fourth-order valence-electron chi connectivity index (χ4n) is 2.97. The first kappa shape index (κ1) is 21.1. The Kier molecular flexibility index (Phi) is 6.10. The molecule has 158 valence electrons. The molecule has 0 spiro atoms. The minimum Gasteiger partial charge on any atom is -0.332 e. The molecule has 0 unspecified atom stereocenters. The lowest BCUT2D eigenvalue weighted by Gasteiger charge is -2.10. The van der Waals surface area contributed by atoms with E-state index in [0.717, 1.165) is 11.3 Å². The van der Waals surface area contributed by atoms with Gasteiger partial charge < -0.3 is 4.57 Å². The average molecular weight is 456 g/mol. The highest BCUT2D eigenvalue weighted by Crippen LogP contribution is 2.28. The van der Waals surface area contributed by atoms with E-state index in [4.69, 9.17) is 0 Å². The van der Waals surface area contributed by atoms with Crippen LogP contribution in [0.5, 0.6) is 0 Å². The molecule has 0 bridgehead atoms. The molecule has 1 N–H and O–H groups in total. The van der Waals surface area contributed by atoms with Crippen molar-refractivity contribution in [3.8, 4) is 0 Å². The van der Waals surface area contributed by atoms with E-state index in [9.17, 15) is 14.0 Å². The number of rotatable bonds is 6. The Morgan fingerprint density at radius 1 is 1.19 bits per heavy atom. The van der Waals surface area contributed by atoms with E-state index in [-0.39, 0.29) is 16.8 Å². The lowest BCUT2D eigenvalue weighted by atomic mass is 10.1. The summed E-state index contributed by atoms with van der Waals surface area (Å²) in [6.45, 7) is 4.34. The van der Waals surface area contributed by atoms with E-state index in [0.29, 0.717) is 32.8 Å². The maximum atomic E-state index is 13.0. The average Bonchev–Trinajstić information content (AvgIpc) is 3.20. The molecule has 31 heavy (non-hydrogen) atoms. The molecule has 3 heterocycles. The Morgan fingerprint density at radius 3 is 2.71 bits per heavy atom. The van der Waals surface area contributed by atoms with Crippen LogP contribution in [-0.4, -0.2) is 25.7 Å². The number of anilines is 1. The number of aryl methyl sites for hydroxylation is 2. The predicted molar refractivity (Wildman–Crippen MR) is 120 cm³/mol. The minimum atomic E-state index is -0.541. The first-order valence-corrected chi connectivity index (χ1v) is 11.3. The Labute approximate surface area is 185 Å². The zero-order valence-electron chi connectivity index (χ0n) is 16.8. The third-order valence-corrected chi connectivity index (χ3v) is 6.59. The second-order valence-electron chi connectivity index (χ2n) is 6.72. The zero-order chi connectivity index (χ0) is 22.0. The lowest BCUT2D eigenvalue weighted by molar-refractivity contribution is 0.102. The van der Waals surface area contributed by atoms with Gasteiger partial charge in [0.25, 0.3) is 5.91 Å². The molecule has 0 aliphatic carbocycles. The first-order valence-electron chi connectivity index (χ1n) is 9.47. The lowest BCUT2D eigenvalue weighted by Crippen LogP contribution is -2.24. The molecule has 7 nitrogen and oxygen atoms in total. The van der Waals surface area contributed by atoms with Gasteiger partial charge in [-0.2, -0.15) is 0 Å². The second-order valence-corrected chi connectivity index (χ2v) is 8.92. The Hall–Kier alpha value is -3.11. The summed E-state index contributed by atoms with van der Waals surface area (Å²) in [5.74, 6) is -0.224. The molecule has 0 radical (unpaired) electrons. The quantitative estimate of drug-likeness (QED) is 0.345. The fourth-order valence-corrected chi connectivity index (χ4v) is 4.67. The van der Waals surface area contributed by atoms with Crippen molar-refractivity contribution in [3.63, 3.8) is 0 Å². The topological polar surface area (TPSA) is 89.8 Å². The molecular weight excluding hydrogens is 437 g/mol. The van der Waals surface area contributed by atoms with E-state index in [2.05, 4.69) is 20.5 Å². The summed E-state index contributed by atoms with van der Waals surface area (Å²) < 4.78 is 15.4. The number of carbonyl (C=O) groups is 1. The summed E-state index contributed by atoms with van der Waals surface area (Å²) in [6.07, 6.45) is 1.53. The molecule has 0 fully saturated rings. The van der Waals surface area contributed by atoms with Crippen molar-refractivity contribution in [2.45, 2.75) is 30.5 Å². The van der Waals surface area contributed by atoms with Gasteiger partial charge in [-0.05, 0) is 43.7 Å². The zero-order valence-corrected chi connectivity index (χ0v) is 18.4. The molecule has 0 saturated heterocycles. The highest BCUT2D eigenvalue weighted by molar-refractivity contribution is 8.00. The standard InChI is InChI=1S/C21H18FN5O2S2/c1-3-27-10-16(17(28)15-9-4-12(2)23-18(15)27)19(29)24-20-25-26-21(31-20)30-11-13-5-7-14(22)8-6-13/h4-10H,3,11H2,1-2H3,(H,24,25,29). The van der Waals surface area contributed by atoms with Crippen LogP contribution >= 0.6 is 23.1 Å². The van der Waals surface area contributed by atoms with Crippen molar-refractivity contribution in [1.82, 2.24) is 19.7 Å². The van der Waals surface area contributed by atoms with Gasteiger partial charge in [-0.1, -0.05) is 35.2 Å². The van der Waals surface area contributed by atoms with Gasteiger partial charge in [-0.25, -0.2) is 9.37 Å². The SMILES string of the molecule is CCn1cc(C(=O)Nc2nnc(SCc3ccc(F)cc3)s2)c(=O)c2ccc(C)nc21. The number of nitrogens with one attached hydrogen (secondary N) is 1. The van der Waals surface area contributed by atoms with Crippen molar-refractivity contribution >= 4 is 45.2 Å². The predicted octanol–water partition coefficient (Wildman–Crippen LogP) is 4.26. The van der Waals surface area contributed by atoms with Crippen molar-refractivity contribution in [1.29, 1.82) is 0 Å². The Balaban J connectivity index is 1.51. The van der Waals surface area contributed by atoms with Gasteiger partial charge in [0.05, 0.1) is 5.39 Å². The Bertz CT molecular complexity index is 1320. The van der Waals surface area contributed by atoms with Gasteiger partial charge in [0.2, 0.25) is 10.6 Å². The van der Waals surface area contributed by atoms with Gasteiger partial charge >= 0.3 is 0 Å². The number of halogens is 1. The fraction of sp³-hybridized carbons (Fsp3) is 0.190. The van der Waals surface area contributed by atoms with Crippen molar-refractivity contribution < 1.29 is 9.18 Å². The second kappa shape index (κ2) is 8.94. The number of carbonyl (C=O) groups excluding carboxylic acids is 1. The summed E-state index contributed by atoms with van der Waals surface area (Å²) in [5.41, 5.74) is 1.95. The maximum absolute atomic E-state index is 13.0. The third-order valence-electron chi connectivity index (χ3n) is 4.55. The minimum absolute atomic E-state index is 0.0238. The van der Waals surface area contributed by atoms with E-state index in [1.807, 2.05) is 13.8 Å². The molecule has 1 amide bonds. The normalized spacial score (nSPS) is 11.1. The number of benzene rings is 1. The monoisotopic (exact) mass is 455 g/mol. The highest BCUT2D eigenvalue weighted by Gasteiger charge is 2.18. The molecule has 0 saturated carbocycles. The smallest absolute Gasteiger partial charge is 0.262 e. The number of fused-ring (bicyclic) bond motifs is 1. The molecule has 4 rings (SSSR count). The summed E-state index contributed by atoms with van der Waals surface area (Å²) >= 11 is 2.65. The van der Waals surface area contributed by atoms with Crippen LogP contribution in [0.2, 0.25) is 0 Å². The number of aromatic nitrogens is 4. The highest BCUT2D eigenvalue weighted by atomic mass is 32.2. The molecule has 0 atom stereocenters. The van der Waals surface area contributed by atoms with Crippen LogP contribution in [0.3, 0.4) is 0 Å². The van der Waals surface area contributed by atoms with Crippen molar-refractivity contribution in [2.24, 2.45) is 0 Å². The van der Waals surface area contributed by atoms with Gasteiger partial charge in [0, 0.05) is 24.2 Å². The number of thioether (sulfide) groups is 1. The van der Waals surface area contributed by atoms with E-state index >= 15 is 0 Å². The Morgan fingerprint density at radius 2 is 1.97 bits per heavy atom. The van der Waals surface area contributed by atoms with E-state index < -0.39 is 5.91 Å².